The van der Waals surface area contributed by atoms with Crippen LogP contribution in [-0.4, -0.2) is 9.97 Å². The van der Waals surface area contributed by atoms with Crippen LogP contribution in [0.25, 0.3) is 21.5 Å². The van der Waals surface area contributed by atoms with Crippen LogP contribution in [0.5, 0.6) is 0 Å². The van der Waals surface area contributed by atoms with Crippen LogP contribution in [0.15, 0.2) is 73.1 Å². The summed E-state index contributed by atoms with van der Waals surface area (Å²) in [6.07, 6.45) is 3.69. The molecule has 0 spiro atoms. The molecule has 3 heteroatoms. The van der Waals surface area contributed by atoms with Gasteiger partial charge < -0.3 is 5.32 Å². The highest BCUT2D eigenvalue weighted by atomic mass is 15.0. The lowest BCUT2D eigenvalue weighted by molar-refractivity contribution is 1.28. The van der Waals surface area contributed by atoms with E-state index >= 15 is 0 Å². The first-order chi connectivity index (χ1) is 10.4. The zero-order valence-corrected chi connectivity index (χ0v) is 11.3. The van der Waals surface area contributed by atoms with E-state index in [2.05, 4.69) is 39.6 Å². The molecule has 4 rings (SSSR count). The van der Waals surface area contributed by atoms with Crippen LogP contribution in [0.3, 0.4) is 0 Å². The fourth-order valence-corrected chi connectivity index (χ4v) is 2.49. The zero-order valence-electron chi connectivity index (χ0n) is 11.3. The molecule has 2 aromatic carbocycles. The second-order valence-electron chi connectivity index (χ2n) is 4.92. The van der Waals surface area contributed by atoms with Crippen LogP contribution < -0.4 is 5.32 Å². The molecule has 0 amide bonds. The smallest absolute Gasteiger partial charge is 0.139 e. The first kappa shape index (κ1) is 11.9. The zero-order chi connectivity index (χ0) is 14.1. The minimum atomic E-state index is 0.803. The number of hydrogen-bond donors (Lipinski definition) is 1. The van der Waals surface area contributed by atoms with Gasteiger partial charge in [-0.2, -0.15) is 0 Å². The third kappa shape index (κ3) is 2.19. The number of aromatic nitrogens is 2. The van der Waals surface area contributed by atoms with Crippen molar-refractivity contribution in [1.29, 1.82) is 0 Å². The minimum Gasteiger partial charge on any atom is -0.324 e. The van der Waals surface area contributed by atoms with E-state index < -0.39 is 0 Å². The Morgan fingerprint density at radius 2 is 1.48 bits per heavy atom. The van der Waals surface area contributed by atoms with Crippen molar-refractivity contribution in [2.24, 2.45) is 0 Å². The molecule has 0 aliphatic heterocycles. The predicted octanol–water partition coefficient (Wildman–Crippen LogP) is 4.53. The van der Waals surface area contributed by atoms with Crippen molar-refractivity contribution in [2.45, 2.75) is 0 Å². The normalized spacial score (nSPS) is 10.9. The quantitative estimate of drug-likeness (QED) is 0.582. The molecule has 0 aliphatic carbocycles. The standard InChI is InChI=1S/C18H13N3/c1-2-7-15-12-20-17(11-14(15)6-1)21-18-16-8-4-3-5-13(16)9-10-19-18/h1-12H,(H,19,20,21). The molecule has 100 valence electrons. The Morgan fingerprint density at radius 3 is 2.38 bits per heavy atom. The summed E-state index contributed by atoms with van der Waals surface area (Å²) in [6, 6.07) is 20.4. The van der Waals surface area contributed by atoms with Gasteiger partial charge in [0.25, 0.3) is 0 Å². The van der Waals surface area contributed by atoms with Crippen LogP contribution in [0.4, 0.5) is 11.6 Å². The first-order valence-corrected chi connectivity index (χ1v) is 6.86. The fraction of sp³-hybridized carbons (Fsp3) is 0. The van der Waals surface area contributed by atoms with E-state index in [9.17, 15) is 0 Å². The Morgan fingerprint density at radius 1 is 0.714 bits per heavy atom. The van der Waals surface area contributed by atoms with Gasteiger partial charge in [0.15, 0.2) is 0 Å². The largest absolute Gasteiger partial charge is 0.324 e. The molecular formula is C18H13N3. The van der Waals surface area contributed by atoms with Crippen molar-refractivity contribution in [3.63, 3.8) is 0 Å². The second kappa shape index (κ2) is 4.87. The molecule has 21 heavy (non-hydrogen) atoms. The minimum absolute atomic E-state index is 0.803. The summed E-state index contributed by atoms with van der Waals surface area (Å²) < 4.78 is 0. The van der Waals surface area contributed by atoms with E-state index in [1.807, 2.05) is 48.8 Å². The topological polar surface area (TPSA) is 37.8 Å². The summed E-state index contributed by atoms with van der Waals surface area (Å²) in [5.41, 5.74) is 0. The van der Waals surface area contributed by atoms with Crippen molar-refractivity contribution >= 4 is 33.2 Å². The van der Waals surface area contributed by atoms with Crippen LogP contribution in [-0.2, 0) is 0 Å². The second-order valence-corrected chi connectivity index (χ2v) is 4.92. The van der Waals surface area contributed by atoms with E-state index in [1.165, 1.54) is 0 Å². The SMILES string of the molecule is c1ccc2cc(Nc3nccc4ccccc34)ncc2c1. The summed E-state index contributed by atoms with van der Waals surface area (Å²) >= 11 is 0. The maximum Gasteiger partial charge on any atom is 0.139 e. The average Bonchev–Trinajstić information content (AvgIpc) is 2.55. The lowest BCUT2D eigenvalue weighted by atomic mass is 10.1. The third-order valence-electron chi connectivity index (χ3n) is 3.55. The monoisotopic (exact) mass is 271 g/mol. The Bertz CT molecular complexity index is 926. The predicted molar refractivity (Wildman–Crippen MR) is 86.8 cm³/mol. The molecule has 0 atom stereocenters. The van der Waals surface area contributed by atoms with Crippen molar-refractivity contribution < 1.29 is 0 Å². The Kier molecular flexibility index (Phi) is 2.75. The fourth-order valence-electron chi connectivity index (χ4n) is 2.49. The molecule has 0 radical (unpaired) electrons. The van der Waals surface area contributed by atoms with Gasteiger partial charge in [-0.25, -0.2) is 9.97 Å². The van der Waals surface area contributed by atoms with E-state index in [1.54, 1.807) is 0 Å². The number of nitrogens with zero attached hydrogens (tertiary/aromatic N) is 2. The van der Waals surface area contributed by atoms with Gasteiger partial charge >= 0.3 is 0 Å². The van der Waals surface area contributed by atoms with Gasteiger partial charge in [0.05, 0.1) is 0 Å². The van der Waals surface area contributed by atoms with Crippen LogP contribution in [0.2, 0.25) is 0 Å². The molecule has 0 unspecified atom stereocenters. The summed E-state index contributed by atoms with van der Waals surface area (Å²) in [6.45, 7) is 0. The Labute approximate surface area is 122 Å². The molecule has 2 aromatic heterocycles. The number of nitrogens with one attached hydrogen (secondary N) is 1. The maximum atomic E-state index is 4.46. The summed E-state index contributed by atoms with van der Waals surface area (Å²) in [7, 11) is 0. The lowest BCUT2D eigenvalue weighted by Crippen LogP contribution is -1.96. The molecule has 0 fully saturated rings. The molecule has 0 saturated carbocycles. The molecule has 3 nitrogen and oxygen atoms in total. The Hall–Kier alpha value is -2.94. The number of anilines is 2. The number of rotatable bonds is 2. The summed E-state index contributed by atoms with van der Waals surface area (Å²) in [4.78, 5) is 8.89. The molecule has 1 N–H and O–H groups in total. The summed E-state index contributed by atoms with van der Waals surface area (Å²) in [5, 5.41) is 7.87. The molecule has 0 bridgehead atoms. The van der Waals surface area contributed by atoms with Crippen molar-refractivity contribution in [1.82, 2.24) is 9.97 Å². The van der Waals surface area contributed by atoms with Crippen molar-refractivity contribution in [2.75, 3.05) is 5.32 Å². The van der Waals surface area contributed by atoms with Gasteiger partial charge in [-0.05, 0) is 22.9 Å². The van der Waals surface area contributed by atoms with Gasteiger partial charge in [-0.1, -0.05) is 48.5 Å². The average molecular weight is 271 g/mol. The van der Waals surface area contributed by atoms with Crippen LogP contribution in [0.1, 0.15) is 0 Å². The maximum absolute atomic E-state index is 4.46. The van der Waals surface area contributed by atoms with E-state index in [0.717, 1.165) is 33.2 Å². The van der Waals surface area contributed by atoms with Crippen LogP contribution in [0, 0.1) is 0 Å². The highest BCUT2D eigenvalue weighted by molar-refractivity contribution is 5.93. The number of fused-ring (bicyclic) bond motifs is 2. The number of pyridine rings is 2. The van der Waals surface area contributed by atoms with E-state index in [-0.39, 0.29) is 0 Å². The number of benzene rings is 2. The first-order valence-electron chi connectivity index (χ1n) is 6.86. The van der Waals surface area contributed by atoms with Crippen molar-refractivity contribution in [3.8, 4) is 0 Å². The number of hydrogen-bond acceptors (Lipinski definition) is 3. The molecule has 2 heterocycles. The molecule has 4 aromatic rings. The molecular weight excluding hydrogens is 258 g/mol. The van der Waals surface area contributed by atoms with E-state index in [0.29, 0.717) is 0 Å². The lowest BCUT2D eigenvalue weighted by Gasteiger charge is -2.08. The van der Waals surface area contributed by atoms with E-state index in [4.69, 9.17) is 0 Å². The third-order valence-corrected chi connectivity index (χ3v) is 3.55. The van der Waals surface area contributed by atoms with Gasteiger partial charge in [0.1, 0.15) is 11.6 Å². The highest BCUT2D eigenvalue weighted by Gasteiger charge is 2.03. The molecule has 0 saturated heterocycles. The van der Waals surface area contributed by atoms with Gasteiger partial charge in [-0.3, -0.25) is 0 Å². The van der Waals surface area contributed by atoms with Gasteiger partial charge in [0.2, 0.25) is 0 Å². The van der Waals surface area contributed by atoms with Crippen molar-refractivity contribution in [3.05, 3.63) is 73.1 Å². The Balaban J connectivity index is 1.79. The van der Waals surface area contributed by atoms with Crippen LogP contribution >= 0.6 is 0 Å². The van der Waals surface area contributed by atoms with Gasteiger partial charge in [-0.15, -0.1) is 0 Å². The summed E-state index contributed by atoms with van der Waals surface area (Å²) in [5.74, 6) is 1.63. The highest BCUT2D eigenvalue weighted by Crippen LogP contribution is 2.24. The van der Waals surface area contributed by atoms with Gasteiger partial charge in [0, 0.05) is 23.2 Å². The molecule has 0 aliphatic rings.